The van der Waals surface area contributed by atoms with Crippen molar-refractivity contribution < 1.29 is 4.74 Å². The van der Waals surface area contributed by atoms with Gasteiger partial charge in [-0.3, -0.25) is 13.9 Å². The fraction of sp³-hybridized carbons (Fsp3) is 0.370. The van der Waals surface area contributed by atoms with Crippen LogP contribution in [0.25, 0.3) is 11.2 Å². The maximum Gasteiger partial charge on any atom is 0.332 e. The molecule has 1 saturated heterocycles. The van der Waals surface area contributed by atoms with Crippen LogP contribution in [0.2, 0.25) is 0 Å². The second-order valence-corrected chi connectivity index (χ2v) is 9.19. The van der Waals surface area contributed by atoms with E-state index in [1.807, 2.05) is 16.7 Å². The van der Waals surface area contributed by atoms with E-state index < -0.39 is 0 Å². The van der Waals surface area contributed by atoms with Crippen molar-refractivity contribution >= 4 is 11.2 Å². The minimum atomic E-state index is -0.362. The third kappa shape index (κ3) is 4.72. The predicted octanol–water partition coefficient (Wildman–Crippen LogP) is 2.70. The number of fused-ring (bicyclic) bond motifs is 1. The maximum atomic E-state index is 12.7. The fourth-order valence-corrected chi connectivity index (χ4v) is 4.88. The molecule has 0 spiro atoms. The zero-order valence-corrected chi connectivity index (χ0v) is 20.2. The van der Waals surface area contributed by atoms with E-state index in [4.69, 9.17) is 4.74 Å². The third-order valence-electron chi connectivity index (χ3n) is 6.94. The zero-order chi connectivity index (χ0) is 24.4. The molecule has 2 aromatic heterocycles. The summed E-state index contributed by atoms with van der Waals surface area (Å²) in [7, 11) is 3.15. The Morgan fingerprint density at radius 2 is 1.49 bits per heavy atom. The molecule has 35 heavy (non-hydrogen) atoms. The van der Waals surface area contributed by atoms with Crippen molar-refractivity contribution in [2.45, 2.75) is 31.6 Å². The summed E-state index contributed by atoms with van der Waals surface area (Å²) in [5.41, 5.74) is 2.58. The van der Waals surface area contributed by atoms with Gasteiger partial charge in [-0.15, -0.1) is 0 Å². The Labute approximate surface area is 204 Å². The molecule has 1 fully saturated rings. The van der Waals surface area contributed by atoms with E-state index in [-0.39, 0.29) is 23.5 Å². The molecule has 1 aliphatic heterocycles. The van der Waals surface area contributed by atoms with Gasteiger partial charge in [0.1, 0.15) is 6.10 Å². The first-order valence-electron chi connectivity index (χ1n) is 12.1. The van der Waals surface area contributed by atoms with E-state index in [0.29, 0.717) is 17.7 Å². The molecule has 5 rings (SSSR count). The molecule has 0 unspecified atom stereocenters. The SMILES string of the molecule is Cn1c(=O)c2c(ncn2CCN2CCC(OC(c3ccccc3)c3ccccc3)CC2)n(C)c1=O. The Bertz CT molecular complexity index is 1360. The van der Waals surface area contributed by atoms with E-state index in [9.17, 15) is 9.59 Å². The fourth-order valence-electron chi connectivity index (χ4n) is 4.88. The first-order valence-corrected chi connectivity index (χ1v) is 12.1. The van der Waals surface area contributed by atoms with Gasteiger partial charge in [-0.05, 0) is 24.0 Å². The highest BCUT2D eigenvalue weighted by Gasteiger charge is 2.25. The van der Waals surface area contributed by atoms with Gasteiger partial charge >= 0.3 is 5.69 Å². The number of hydrogen-bond donors (Lipinski definition) is 0. The topological polar surface area (TPSA) is 74.3 Å². The average Bonchev–Trinajstić information content (AvgIpc) is 3.34. The van der Waals surface area contributed by atoms with Gasteiger partial charge in [-0.1, -0.05) is 60.7 Å². The number of nitrogens with zero attached hydrogens (tertiary/aromatic N) is 5. The molecule has 0 bridgehead atoms. The summed E-state index contributed by atoms with van der Waals surface area (Å²) in [5, 5.41) is 0. The Morgan fingerprint density at radius 1 is 0.886 bits per heavy atom. The summed E-state index contributed by atoms with van der Waals surface area (Å²) in [5.74, 6) is 0. The molecule has 1 aliphatic rings. The van der Waals surface area contributed by atoms with Crippen LogP contribution in [0.4, 0.5) is 0 Å². The van der Waals surface area contributed by atoms with Crippen LogP contribution >= 0.6 is 0 Å². The molecule has 0 radical (unpaired) electrons. The van der Waals surface area contributed by atoms with Gasteiger partial charge in [0.2, 0.25) is 0 Å². The van der Waals surface area contributed by atoms with Gasteiger partial charge in [0.05, 0.1) is 12.4 Å². The molecule has 2 aromatic carbocycles. The van der Waals surface area contributed by atoms with Crippen molar-refractivity contribution in [2.24, 2.45) is 14.1 Å². The van der Waals surface area contributed by atoms with Crippen LogP contribution in [0.1, 0.15) is 30.1 Å². The second-order valence-electron chi connectivity index (χ2n) is 9.19. The number of ether oxygens (including phenoxy) is 1. The smallest absolute Gasteiger partial charge is 0.332 e. The van der Waals surface area contributed by atoms with Gasteiger partial charge in [0, 0.05) is 40.3 Å². The van der Waals surface area contributed by atoms with Crippen LogP contribution in [0.15, 0.2) is 76.6 Å². The molecule has 3 heterocycles. The predicted molar refractivity (Wildman–Crippen MR) is 135 cm³/mol. The molecular weight excluding hydrogens is 442 g/mol. The Balaban J connectivity index is 1.23. The summed E-state index contributed by atoms with van der Waals surface area (Å²) >= 11 is 0. The van der Waals surface area contributed by atoms with Crippen molar-refractivity contribution in [1.82, 2.24) is 23.6 Å². The third-order valence-corrected chi connectivity index (χ3v) is 6.94. The molecule has 182 valence electrons. The Hall–Kier alpha value is -3.49. The summed E-state index contributed by atoms with van der Waals surface area (Å²) in [4.78, 5) is 31.6. The quantitative estimate of drug-likeness (QED) is 0.413. The molecule has 8 nitrogen and oxygen atoms in total. The highest BCUT2D eigenvalue weighted by molar-refractivity contribution is 5.69. The first kappa shape index (κ1) is 23.3. The normalized spacial score (nSPS) is 15.3. The van der Waals surface area contributed by atoms with Crippen molar-refractivity contribution in [3.63, 3.8) is 0 Å². The van der Waals surface area contributed by atoms with Gasteiger partial charge in [0.15, 0.2) is 11.2 Å². The lowest BCUT2D eigenvalue weighted by Crippen LogP contribution is -2.40. The number of benzene rings is 2. The van der Waals surface area contributed by atoms with Crippen molar-refractivity contribution in [3.8, 4) is 0 Å². The number of hydrogen-bond acceptors (Lipinski definition) is 5. The van der Waals surface area contributed by atoms with Crippen LogP contribution in [0.5, 0.6) is 0 Å². The molecule has 0 atom stereocenters. The summed E-state index contributed by atoms with van der Waals surface area (Å²) in [6.07, 6.45) is 3.68. The van der Waals surface area contributed by atoms with E-state index in [1.54, 1.807) is 13.4 Å². The number of aryl methyl sites for hydroxylation is 1. The number of rotatable bonds is 7. The minimum Gasteiger partial charge on any atom is -0.365 e. The lowest BCUT2D eigenvalue weighted by molar-refractivity contribution is -0.0272. The van der Waals surface area contributed by atoms with Crippen LogP contribution < -0.4 is 11.2 Å². The lowest BCUT2D eigenvalue weighted by Gasteiger charge is -2.34. The second kappa shape index (κ2) is 10.0. The van der Waals surface area contributed by atoms with Crippen molar-refractivity contribution in [1.29, 1.82) is 0 Å². The van der Waals surface area contributed by atoms with E-state index in [2.05, 4.69) is 58.4 Å². The standard InChI is InChI=1S/C27H31N5O3/c1-29-25-23(26(33)30(2)27(29)34)32(19-28-25)18-17-31-15-13-22(14-16-31)35-24(20-9-5-3-6-10-20)21-11-7-4-8-12-21/h3-12,19,22,24H,13-18H2,1-2H3. The molecule has 0 amide bonds. The molecule has 0 N–H and O–H groups in total. The van der Waals surface area contributed by atoms with E-state index in [1.165, 1.54) is 22.7 Å². The summed E-state index contributed by atoms with van der Waals surface area (Å²) < 4.78 is 11.1. The maximum absolute atomic E-state index is 12.7. The first-order chi connectivity index (χ1) is 17.0. The molecule has 4 aromatic rings. The molecule has 0 saturated carbocycles. The summed E-state index contributed by atoms with van der Waals surface area (Å²) in [6.45, 7) is 3.32. The Morgan fingerprint density at radius 3 is 2.09 bits per heavy atom. The number of piperidine rings is 1. The van der Waals surface area contributed by atoms with Crippen molar-refractivity contribution in [2.75, 3.05) is 19.6 Å². The van der Waals surface area contributed by atoms with Gasteiger partial charge in [-0.2, -0.15) is 0 Å². The number of imidazole rings is 1. The molecule has 8 heteroatoms. The average molecular weight is 474 g/mol. The number of aromatic nitrogens is 4. The lowest BCUT2D eigenvalue weighted by atomic mass is 10.00. The highest BCUT2D eigenvalue weighted by Crippen LogP contribution is 2.30. The van der Waals surface area contributed by atoms with Crippen LogP contribution in [-0.4, -0.2) is 49.3 Å². The van der Waals surface area contributed by atoms with Crippen LogP contribution in [0.3, 0.4) is 0 Å². The zero-order valence-electron chi connectivity index (χ0n) is 20.2. The highest BCUT2D eigenvalue weighted by atomic mass is 16.5. The van der Waals surface area contributed by atoms with Gasteiger partial charge in [0.25, 0.3) is 5.56 Å². The van der Waals surface area contributed by atoms with Crippen LogP contribution in [-0.2, 0) is 25.4 Å². The monoisotopic (exact) mass is 473 g/mol. The molecule has 0 aliphatic carbocycles. The Kier molecular flexibility index (Phi) is 6.66. The minimum absolute atomic E-state index is 0.0749. The van der Waals surface area contributed by atoms with Gasteiger partial charge in [-0.25, -0.2) is 9.78 Å². The van der Waals surface area contributed by atoms with Crippen molar-refractivity contribution in [3.05, 3.63) is 99.0 Å². The summed E-state index contributed by atoms with van der Waals surface area (Å²) in [6, 6.07) is 20.8. The van der Waals surface area contributed by atoms with Gasteiger partial charge < -0.3 is 14.2 Å². The molecular formula is C27H31N5O3. The van der Waals surface area contributed by atoms with E-state index in [0.717, 1.165) is 37.0 Å². The van der Waals surface area contributed by atoms with E-state index >= 15 is 0 Å². The number of likely N-dealkylation sites (tertiary alicyclic amines) is 1. The largest absolute Gasteiger partial charge is 0.365 e. The van der Waals surface area contributed by atoms with Crippen LogP contribution in [0, 0.1) is 0 Å².